The van der Waals surface area contributed by atoms with Crippen molar-refractivity contribution in [3.8, 4) is 0 Å². The Morgan fingerprint density at radius 3 is 2.82 bits per heavy atom. The summed E-state index contributed by atoms with van der Waals surface area (Å²) in [7, 11) is 0. The number of fused-ring (bicyclic) bond motifs is 1. The number of rotatable bonds is 4. The summed E-state index contributed by atoms with van der Waals surface area (Å²) in [5.41, 5.74) is 0. The van der Waals surface area contributed by atoms with Crippen LogP contribution in [0.4, 0.5) is 5.82 Å². The minimum Gasteiger partial charge on any atom is -0.373 e. The molecule has 22 heavy (non-hydrogen) atoms. The number of aromatic nitrogens is 2. The lowest BCUT2D eigenvalue weighted by Crippen LogP contribution is -2.52. The summed E-state index contributed by atoms with van der Waals surface area (Å²) >= 11 is 0. The quantitative estimate of drug-likeness (QED) is 0.805. The van der Waals surface area contributed by atoms with Crippen LogP contribution in [-0.4, -0.2) is 84.3 Å². The molecule has 0 aromatic carbocycles. The Hall–Kier alpha value is -1.24. The zero-order valence-electron chi connectivity index (χ0n) is 13.1. The van der Waals surface area contributed by atoms with Gasteiger partial charge >= 0.3 is 0 Å². The minimum absolute atomic E-state index is 0.314. The van der Waals surface area contributed by atoms with Gasteiger partial charge in [0, 0.05) is 45.1 Å². The van der Waals surface area contributed by atoms with E-state index in [2.05, 4.69) is 24.7 Å². The van der Waals surface area contributed by atoms with E-state index in [-0.39, 0.29) is 0 Å². The van der Waals surface area contributed by atoms with Crippen molar-refractivity contribution in [1.82, 2.24) is 19.8 Å². The molecule has 0 saturated carbocycles. The molecule has 0 aliphatic carbocycles. The molecular weight excluding hydrogens is 278 g/mol. The van der Waals surface area contributed by atoms with Gasteiger partial charge < -0.3 is 14.5 Å². The number of ether oxygens (including phenoxy) is 1. The van der Waals surface area contributed by atoms with Gasteiger partial charge in [0.2, 0.25) is 0 Å². The van der Waals surface area contributed by atoms with Gasteiger partial charge in [-0.15, -0.1) is 0 Å². The topological polar surface area (TPSA) is 44.7 Å². The van der Waals surface area contributed by atoms with Crippen LogP contribution in [0.3, 0.4) is 0 Å². The van der Waals surface area contributed by atoms with Gasteiger partial charge in [0.1, 0.15) is 5.82 Å². The summed E-state index contributed by atoms with van der Waals surface area (Å²) in [6.07, 6.45) is 8.40. The van der Waals surface area contributed by atoms with Gasteiger partial charge in [-0.25, -0.2) is 4.98 Å². The van der Waals surface area contributed by atoms with E-state index in [9.17, 15) is 0 Å². The molecule has 0 spiro atoms. The molecule has 3 fully saturated rings. The Kier molecular flexibility index (Phi) is 4.23. The van der Waals surface area contributed by atoms with Crippen LogP contribution in [0.25, 0.3) is 0 Å². The largest absolute Gasteiger partial charge is 0.373 e. The average Bonchev–Trinajstić information content (AvgIpc) is 3.23. The van der Waals surface area contributed by atoms with Crippen molar-refractivity contribution in [2.75, 3.05) is 57.3 Å². The fourth-order valence-corrected chi connectivity index (χ4v) is 3.95. The molecular formula is C16H25N5O. The van der Waals surface area contributed by atoms with E-state index < -0.39 is 0 Å². The zero-order chi connectivity index (χ0) is 14.8. The third-order valence-electron chi connectivity index (χ3n) is 5.19. The molecule has 3 aliphatic heterocycles. The Labute approximate surface area is 132 Å². The van der Waals surface area contributed by atoms with Gasteiger partial charge in [0.25, 0.3) is 0 Å². The van der Waals surface area contributed by atoms with Crippen molar-refractivity contribution in [2.45, 2.75) is 25.0 Å². The molecule has 1 aromatic heterocycles. The highest BCUT2D eigenvalue weighted by atomic mass is 16.5. The number of hydrogen-bond donors (Lipinski definition) is 0. The summed E-state index contributed by atoms with van der Waals surface area (Å²) in [4.78, 5) is 16.2. The highest BCUT2D eigenvalue weighted by molar-refractivity contribution is 5.38. The summed E-state index contributed by atoms with van der Waals surface area (Å²) in [6.45, 7) is 8.78. The third kappa shape index (κ3) is 2.95. The summed E-state index contributed by atoms with van der Waals surface area (Å²) in [5, 5.41) is 0. The van der Waals surface area contributed by atoms with Gasteiger partial charge in [0.15, 0.2) is 0 Å². The van der Waals surface area contributed by atoms with E-state index in [1.165, 1.54) is 39.0 Å². The lowest BCUT2D eigenvalue weighted by molar-refractivity contribution is -0.0483. The van der Waals surface area contributed by atoms with Gasteiger partial charge in [-0.3, -0.25) is 9.88 Å². The van der Waals surface area contributed by atoms with E-state index in [1.807, 2.05) is 6.20 Å². The number of likely N-dealkylation sites (tertiary alicyclic amines) is 1. The molecule has 4 rings (SSSR count). The van der Waals surface area contributed by atoms with Crippen LogP contribution in [0.2, 0.25) is 0 Å². The second kappa shape index (κ2) is 6.48. The number of anilines is 1. The van der Waals surface area contributed by atoms with Gasteiger partial charge in [0.05, 0.1) is 24.9 Å². The first-order valence-electron chi connectivity index (χ1n) is 8.49. The Morgan fingerprint density at radius 2 is 2.00 bits per heavy atom. The molecule has 1 aromatic rings. The van der Waals surface area contributed by atoms with Crippen LogP contribution < -0.4 is 4.90 Å². The van der Waals surface area contributed by atoms with Crippen LogP contribution in [0.1, 0.15) is 12.8 Å². The molecule has 6 heteroatoms. The van der Waals surface area contributed by atoms with Gasteiger partial charge in [-0.05, 0) is 25.9 Å². The second-order valence-electron chi connectivity index (χ2n) is 6.53. The van der Waals surface area contributed by atoms with Crippen molar-refractivity contribution < 1.29 is 4.74 Å². The van der Waals surface area contributed by atoms with E-state index in [1.54, 1.807) is 12.4 Å². The van der Waals surface area contributed by atoms with Gasteiger partial charge in [-0.2, -0.15) is 0 Å². The highest BCUT2D eigenvalue weighted by Gasteiger charge is 2.40. The third-order valence-corrected chi connectivity index (χ3v) is 5.19. The van der Waals surface area contributed by atoms with Crippen LogP contribution in [0.5, 0.6) is 0 Å². The Morgan fingerprint density at radius 1 is 1.09 bits per heavy atom. The van der Waals surface area contributed by atoms with Crippen LogP contribution in [0.15, 0.2) is 18.6 Å². The Balaban J connectivity index is 1.38. The highest BCUT2D eigenvalue weighted by Crippen LogP contribution is 2.25. The van der Waals surface area contributed by atoms with Crippen molar-refractivity contribution in [3.05, 3.63) is 18.6 Å². The first kappa shape index (κ1) is 14.4. The summed E-state index contributed by atoms with van der Waals surface area (Å²) < 4.78 is 6.01. The maximum atomic E-state index is 6.01. The van der Waals surface area contributed by atoms with E-state index >= 15 is 0 Å². The lowest BCUT2D eigenvalue weighted by atomic mass is 10.1. The van der Waals surface area contributed by atoms with Crippen LogP contribution in [0, 0.1) is 0 Å². The maximum Gasteiger partial charge on any atom is 0.147 e. The monoisotopic (exact) mass is 303 g/mol. The fraction of sp³-hybridized carbons (Fsp3) is 0.750. The van der Waals surface area contributed by atoms with E-state index in [4.69, 9.17) is 4.74 Å². The number of morpholine rings is 1. The SMILES string of the molecule is c1cnc(N2C[C@@H]3OCCN(CCN4CCCC4)[C@@H]3C2)cn1. The standard InChI is InChI=1S/C16H25N5O/c1-2-6-19(5-1)7-8-20-9-10-22-15-13-21(12-14(15)20)16-11-17-3-4-18-16/h3-4,11,14-15H,1-2,5-10,12-13H2/t14-,15+/m1/s1. The van der Waals surface area contributed by atoms with Crippen molar-refractivity contribution in [3.63, 3.8) is 0 Å². The summed E-state index contributed by atoms with van der Waals surface area (Å²) in [6, 6.07) is 0.498. The predicted molar refractivity (Wildman–Crippen MR) is 85.0 cm³/mol. The number of nitrogens with zero attached hydrogens (tertiary/aromatic N) is 5. The fourth-order valence-electron chi connectivity index (χ4n) is 3.95. The van der Waals surface area contributed by atoms with E-state index in [0.29, 0.717) is 12.1 Å². The minimum atomic E-state index is 0.314. The normalized spacial score (nSPS) is 29.9. The van der Waals surface area contributed by atoms with E-state index in [0.717, 1.165) is 32.1 Å². The molecule has 6 nitrogen and oxygen atoms in total. The van der Waals surface area contributed by atoms with Crippen LogP contribution >= 0.6 is 0 Å². The molecule has 0 radical (unpaired) electrons. The molecule has 2 atom stereocenters. The molecule has 120 valence electrons. The van der Waals surface area contributed by atoms with Crippen LogP contribution in [-0.2, 0) is 4.74 Å². The second-order valence-corrected chi connectivity index (χ2v) is 6.53. The molecule has 4 heterocycles. The first-order valence-corrected chi connectivity index (χ1v) is 8.49. The maximum absolute atomic E-state index is 6.01. The molecule has 0 bridgehead atoms. The van der Waals surface area contributed by atoms with Crippen molar-refractivity contribution in [2.24, 2.45) is 0 Å². The van der Waals surface area contributed by atoms with Gasteiger partial charge in [-0.1, -0.05) is 0 Å². The average molecular weight is 303 g/mol. The first-order chi connectivity index (χ1) is 10.9. The summed E-state index contributed by atoms with van der Waals surface area (Å²) in [5.74, 6) is 0.972. The molecule has 3 aliphatic rings. The predicted octanol–water partition coefficient (Wildman–Crippen LogP) is 0.462. The zero-order valence-corrected chi connectivity index (χ0v) is 13.1. The smallest absolute Gasteiger partial charge is 0.147 e. The molecule has 0 unspecified atom stereocenters. The lowest BCUT2D eigenvalue weighted by Gasteiger charge is -2.37. The molecule has 3 saturated heterocycles. The number of hydrogen-bond acceptors (Lipinski definition) is 6. The van der Waals surface area contributed by atoms with Crippen molar-refractivity contribution in [1.29, 1.82) is 0 Å². The Bertz CT molecular complexity index is 479. The van der Waals surface area contributed by atoms with Crippen molar-refractivity contribution >= 4 is 5.82 Å². The molecule has 0 amide bonds. The molecule has 0 N–H and O–H groups in total.